The van der Waals surface area contributed by atoms with Gasteiger partial charge >= 0.3 is 6.03 Å². The number of carbonyl (C=O) groups excluding carboxylic acids is 1. The van der Waals surface area contributed by atoms with Gasteiger partial charge in [-0.25, -0.2) is 9.18 Å². The third-order valence-corrected chi connectivity index (χ3v) is 3.34. The number of anilines is 1. The molecule has 3 aromatic rings. The summed E-state index contributed by atoms with van der Waals surface area (Å²) in [5, 5.41) is 9.48. The number of amides is 2. The summed E-state index contributed by atoms with van der Waals surface area (Å²) in [4.78, 5) is 15.9. The molecule has 0 saturated heterocycles. The summed E-state index contributed by atoms with van der Waals surface area (Å²) in [7, 11) is 0. The van der Waals surface area contributed by atoms with Gasteiger partial charge < -0.3 is 15.2 Å². The Hall–Kier alpha value is -2.93. The maximum atomic E-state index is 13.7. The molecule has 0 bridgehead atoms. The fourth-order valence-electron chi connectivity index (χ4n) is 1.94. The predicted octanol–water partition coefficient (Wildman–Crippen LogP) is 3.85. The van der Waals surface area contributed by atoms with Crippen LogP contribution in [0.1, 0.15) is 5.89 Å². The second-order valence-corrected chi connectivity index (χ2v) is 5.24. The fraction of sp³-hybridized carbons (Fsp3) is 0.0625. The molecule has 0 aliphatic carbocycles. The average molecular weight is 347 g/mol. The Morgan fingerprint density at radius 3 is 2.67 bits per heavy atom. The van der Waals surface area contributed by atoms with Gasteiger partial charge in [0.25, 0.3) is 0 Å². The van der Waals surface area contributed by atoms with Crippen molar-refractivity contribution in [3.05, 3.63) is 65.3 Å². The van der Waals surface area contributed by atoms with E-state index < -0.39 is 11.8 Å². The first-order valence-corrected chi connectivity index (χ1v) is 7.37. The van der Waals surface area contributed by atoms with E-state index in [1.807, 2.05) is 0 Å². The summed E-state index contributed by atoms with van der Waals surface area (Å²) in [6.45, 7) is 0.0148. The Labute approximate surface area is 141 Å². The normalized spacial score (nSPS) is 10.4. The lowest BCUT2D eigenvalue weighted by atomic mass is 10.2. The molecule has 0 radical (unpaired) electrons. The number of urea groups is 1. The van der Waals surface area contributed by atoms with E-state index in [-0.39, 0.29) is 23.8 Å². The van der Waals surface area contributed by atoms with Crippen molar-refractivity contribution in [2.24, 2.45) is 0 Å². The number of nitrogens with zero attached hydrogens (tertiary/aromatic N) is 2. The van der Waals surface area contributed by atoms with Crippen molar-refractivity contribution in [1.29, 1.82) is 0 Å². The summed E-state index contributed by atoms with van der Waals surface area (Å²) in [6, 6.07) is 12.3. The first kappa shape index (κ1) is 15.9. The third kappa shape index (κ3) is 3.88. The number of benzene rings is 2. The maximum Gasteiger partial charge on any atom is 0.319 e. The molecular weight excluding hydrogens is 335 g/mol. The van der Waals surface area contributed by atoms with Crippen LogP contribution in [0.25, 0.3) is 11.4 Å². The summed E-state index contributed by atoms with van der Waals surface area (Å²) in [6.07, 6.45) is 0. The molecule has 2 amide bonds. The van der Waals surface area contributed by atoms with E-state index in [0.29, 0.717) is 10.7 Å². The van der Waals surface area contributed by atoms with Gasteiger partial charge in [0.1, 0.15) is 5.82 Å². The molecule has 6 nitrogen and oxygen atoms in total. The largest absolute Gasteiger partial charge is 0.337 e. The van der Waals surface area contributed by atoms with Gasteiger partial charge in [0.2, 0.25) is 11.7 Å². The predicted molar refractivity (Wildman–Crippen MR) is 87.0 cm³/mol. The van der Waals surface area contributed by atoms with Crippen molar-refractivity contribution in [2.45, 2.75) is 6.54 Å². The summed E-state index contributed by atoms with van der Waals surface area (Å²) >= 11 is 5.77. The van der Waals surface area contributed by atoms with Gasteiger partial charge in [0.15, 0.2) is 0 Å². The highest BCUT2D eigenvalue weighted by atomic mass is 35.5. The lowest BCUT2D eigenvalue weighted by molar-refractivity contribution is 0.249. The fourth-order valence-corrected chi connectivity index (χ4v) is 2.07. The molecule has 0 unspecified atom stereocenters. The average Bonchev–Trinajstić information content (AvgIpc) is 3.04. The van der Waals surface area contributed by atoms with Crippen LogP contribution in [0.4, 0.5) is 14.9 Å². The number of carbonyl (C=O) groups is 1. The van der Waals surface area contributed by atoms with Crippen molar-refractivity contribution in [3.63, 3.8) is 0 Å². The molecule has 0 saturated carbocycles. The van der Waals surface area contributed by atoms with Gasteiger partial charge in [-0.3, -0.25) is 0 Å². The molecule has 24 heavy (non-hydrogen) atoms. The van der Waals surface area contributed by atoms with E-state index in [2.05, 4.69) is 20.8 Å². The summed E-state index contributed by atoms with van der Waals surface area (Å²) in [5.74, 6) is -0.152. The highest BCUT2D eigenvalue weighted by Crippen LogP contribution is 2.19. The molecule has 2 N–H and O–H groups in total. The van der Waals surface area contributed by atoms with Crippen molar-refractivity contribution in [3.8, 4) is 11.4 Å². The molecule has 3 rings (SSSR count). The van der Waals surface area contributed by atoms with Crippen LogP contribution in [-0.4, -0.2) is 16.2 Å². The van der Waals surface area contributed by atoms with Crippen LogP contribution in [0.15, 0.2) is 53.1 Å². The van der Waals surface area contributed by atoms with Crippen LogP contribution in [0.2, 0.25) is 5.02 Å². The topological polar surface area (TPSA) is 80.1 Å². The molecule has 2 aromatic carbocycles. The Kier molecular flexibility index (Phi) is 4.72. The van der Waals surface area contributed by atoms with Crippen LogP contribution >= 0.6 is 11.6 Å². The van der Waals surface area contributed by atoms with Gasteiger partial charge in [-0.05, 0) is 36.4 Å². The van der Waals surface area contributed by atoms with E-state index in [1.165, 1.54) is 6.07 Å². The summed E-state index contributed by atoms with van der Waals surface area (Å²) < 4.78 is 18.7. The molecule has 0 aliphatic rings. The van der Waals surface area contributed by atoms with Crippen molar-refractivity contribution >= 4 is 23.3 Å². The smallest absolute Gasteiger partial charge is 0.319 e. The lowest BCUT2D eigenvalue weighted by Gasteiger charge is -2.05. The number of hydrogen-bond donors (Lipinski definition) is 2. The van der Waals surface area contributed by atoms with Crippen LogP contribution in [-0.2, 0) is 6.54 Å². The molecular formula is C16H12ClFN4O2. The second kappa shape index (κ2) is 7.10. The van der Waals surface area contributed by atoms with Gasteiger partial charge in [-0.2, -0.15) is 4.98 Å². The monoisotopic (exact) mass is 346 g/mol. The molecule has 0 spiro atoms. The molecule has 8 heteroatoms. The summed E-state index contributed by atoms with van der Waals surface area (Å²) in [5.41, 5.74) is 0.826. The zero-order valence-electron chi connectivity index (χ0n) is 12.3. The Morgan fingerprint density at radius 1 is 1.17 bits per heavy atom. The number of nitrogens with one attached hydrogen (secondary N) is 2. The quantitative estimate of drug-likeness (QED) is 0.752. The number of rotatable bonds is 4. The standard InChI is InChI=1S/C16H12ClFN4O2/c17-10-5-7-11(8-6-10)20-16(23)19-9-14-21-15(22-24-14)12-3-1-2-4-13(12)18/h1-8H,9H2,(H2,19,20,23). The molecule has 122 valence electrons. The Bertz CT molecular complexity index is 851. The molecule has 0 atom stereocenters. The van der Waals surface area contributed by atoms with E-state index in [0.717, 1.165) is 0 Å². The number of hydrogen-bond acceptors (Lipinski definition) is 4. The minimum absolute atomic E-state index is 0.0148. The lowest BCUT2D eigenvalue weighted by Crippen LogP contribution is -2.28. The highest BCUT2D eigenvalue weighted by Gasteiger charge is 2.12. The van der Waals surface area contributed by atoms with E-state index in [1.54, 1.807) is 42.5 Å². The van der Waals surface area contributed by atoms with Gasteiger partial charge in [-0.1, -0.05) is 28.9 Å². The van der Waals surface area contributed by atoms with Gasteiger partial charge in [-0.15, -0.1) is 0 Å². The number of halogens is 2. The van der Waals surface area contributed by atoms with Gasteiger partial charge in [0, 0.05) is 10.7 Å². The molecule has 0 aliphatic heterocycles. The van der Waals surface area contributed by atoms with Crippen LogP contribution in [0.3, 0.4) is 0 Å². The second-order valence-electron chi connectivity index (χ2n) is 4.81. The maximum absolute atomic E-state index is 13.7. The zero-order valence-corrected chi connectivity index (χ0v) is 13.0. The van der Waals surface area contributed by atoms with Crippen molar-refractivity contribution in [1.82, 2.24) is 15.5 Å². The minimum atomic E-state index is -0.446. The Balaban J connectivity index is 1.58. The first-order valence-electron chi connectivity index (χ1n) is 7.00. The van der Waals surface area contributed by atoms with Crippen LogP contribution in [0, 0.1) is 5.82 Å². The van der Waals surface area contributed by atoms with E-state index >= 15 is 0 Å². The zero-order chi connectivity index (χ0) is 16.9. The van der Waals surface area contributed by atoms with E-state index in [9.17, 15) is 9.18 Å². The van der Waals surface area contributed by atoms with Crippen LogP contribution < -0.4 is 10.6 Å². The van der Waals surface area contributed by atoms with Crippen molar-refractivity contribution in [2.75, 3.05) is 5.32 Å². The van der Waals surface area contributed by atoms with Crippen molar-refractivity contribution < 1.29 is 13.7 Å². The minimum Gasteiger partial charge on any atom is -0.337 e. The van der Waals surface area contributed by atoms with E-state index in [4.69, 9.17) is 16.1 Å². The van der Waals surface area contributed by atoms with Crippen LogP contribution in [0.5, 0.6) is 0 Å². The molecule has 1 aromatic heterocycles. The molecule has 0 fully saturated rings. The number of aromatic nitrogens is 2. The highest BCUT2D eigenvalue weighted by molar-refractivity contribution is 6.30. The van der Waals surface area contributed by atoms with Gasteiger partial charge in [0.05, 0.1) is 12.1 Å². The molecule has 1 heterocycles. The first-order chi connectivity index (χ1) is 11.6. The Morgan fingerprint density at radius 2 is 1.92 bits per heavy atom. The SMILES string of the molecule is O=C(NCc1nc(-c2ccccc2F)no1)Nc1ccc(Cl)cc1. The third-order valence-electron chi connectivity index (χ3n) is 3.09.